The Bertz CT molecular complexity index is 664. The van der Waals surface area contributed by atoms with Crippen LogP contribution in [0.25, 0.3) is 0 Å². The van der Waals surface area contributed by atoms with E-state index in [1.165, 1.54) is 0 Å². The Morgan fingerprint density at radius 1 is 1.09 bits per heavy atom. The number of carbonyl (C=O) groups is 1. The molecule has 2 rings (SSSR count). The highest BCUT2D eigenvalue weighted by molar-refractivity contribution is 7.99. The van der Waals surface area contributed by atoms with Gasteiger partial charge in [0, 0.05) is 10.6 Å². The summed E-state index contributed by atoms with van der Waals surface area (Å²) in [6.45, 7) is 0. The van der Waals surface area contributed by atoms with Crippen molar-refractivity contribution in [3.8, 4) is 0 Å². The lowest BCUT2D eigenvalue weighted by Crippen LogP contribution is -2.35. The first-order valence-electron chi connectivity index (χ1n) is 6.72. The molecule has 0 aliphatic heterocycles. The number of benzene rings is 2. The van der Waals surface area contributed by atoms with Crippen molar-refractivity contribution in [1.82, 2.24) is 5.32 Å². The van der Waals surface area contributed by atoms with Crippen LogP contribution in [0.4, 0.5) is 14.5 Å². The van der Waals surface area contributed by atoms with E-state index in [1.54, 1.807) is 24.3 Å². The van der Waals surface area contributed by atoms with E-state index < -0.39 is 5.76 Å². The topological polar surface area (TPSA) is 41.1 Å². The number of halogens is 2. The van der Waals surface area contributed by atoms with Crippen LogP contribution >= 0.6 is 24.0 Å². The van der Waals surface area contributed by atoms with Crippen molar-refractivity contribution < 1.29 is 13.6 Å². The summed E-state index contributed by atoms with van der Waals surface area (Å²) in [6.07, 6.45) is 0.229. The molecule has 3 nitrogen and oxygen atoms in total. The van der Waals surface area contributed by atoms with E-state index in [2.05, 4.69) is 10.6 Å². The predicted molar refractivity (Wildman–Crippen MR) is 92.8 cm³/mol. The molecule has 0 unspecified atom stereocenters. The molecule has 7 heteroatoms. The molecule has 0 aliphatic carbocycles. The van der Waals surface area contributed by atoms with E-state index in [-0.39, 0.29) is 17.4 Å². The van der Waals surface area contributed by atoms with Crippen LogP contribution in [0.2, 0.25) is 0 Å². The molecule has 2 aromatic carbocycles. The summed E-state index contributed by atoms with van der Waals surface area (Å²) in [5.74, 6) is -2.68. The zero-order chi connectivity index (χ0) is 16.7. The minimum atomic E-state index is -2.45. The van der Waals surface area contributed by atoms with Gasteiger partial charge in [0.05, 0.1) is 6.42 Å². The van der Waals surface area contributed by atoms with Crippen molar-refractivity contribution in [2.24, 2.45) is 0 Å². The van der Waals surface area contributed by atoms with Crippen LogP contribution in [0.3, 0.4) is 0 Å². The Hall–Kier alpha value is -1.99. The summed E-state index contributed by atoms with van der Waals surface area (Å²) in [5.41, 5.74) is 1.51. The van der Waals surface area contributed by atoms with Gasteiger partial charge in [0.2, 0.25) is 5.91 Å². The second-order valence-electron chi connectivity index (χ2n) is 4.57. The average molecular weight is 352 g/mol. The number of nitrogens with one attached hydrogen (secondary N) is 2. The van der Waals surface area contributed by atoms with Gasteiger partial charge >= 0.3 is 0 Å². The Morgan fingerprint density at radius 2 is 1.74 bits per heavy atom. The maximum atomic E-state index is 12.2. The van der Waals surface area contributed by atoms with Gasteiger partial charge in [0.25, 0.3) is 5.76 Å². The van der Waals surface area contributed by atoms with Crippen molar-refractivity contribution in [2.75, 3.05) is 5.32 Å². The molecule has 0 aliphatic rings. The number of hydrogen-bond acceptors (Lipinski definition) is 3. The molecule has 0 heterocycles. The normalized spacial score (nSPS) is 10.4. The molecular weight excluding hydrogens is 338 g/mol. The molecule has 23 heavy (non-hydrogen) atoms. The highest BCUT2D eigenvalue weighted by atomic mass is 32.2. The first-order valence-corrected chi connectivity index (χ1v) is 8.01. The highest BCUT2D eigenvalue weighted by Crippen LogP contribution is 2.26. The van der Waals surface area contributed by atoms with Gasteiger partial charge in [-0.15, -0.1) is 0 Å². The van der Waals surface area contributed by atoms with Crippen LogP contribution in [-0.2, 0) is 11.2 Å². The van der Waals surface area contributed by atoms with Gasteiger partial charge in [0.15, 0.2) is 5.11 Å². The van der Waals surface area contributed by atoms with E-state index >= 15 is 0 Å². The molecule has 0 spiro atoms. The maximum absolute atomic E-state index is 12.2. The van der Waals surface area contributed by atoms with Crippen LogP contribution in [0, 0.1) is 0 Å². The summed E-state index contributed by atoms with van der Waals surface area (Å²) < 4.78 is 24.5. The van der Waals surface area contributed by atoms with Gasteiger partial charge < -0.3 is 10.6 Å². The zero-order valence-electron chi connectivity index (χ0n) is 12.0. The number of thioether (sulfide) groups is 1. The molecule has 2 N–H and O–H groups in total. The summed E-state index contributed by atoms with van der Waals surface area (Å²) in [7, 11) is 0. The van der Waals surface area contributed by atoms with Crippen molar-refractivity contribution >= 4 is 40.7 Å². The van der Waals surface area contributed by atoms with Crippen molar-refractivity contribution in [1.29, 1.82) is 0 Å². The Labute approximate surface area is 142 Å². The molecule has 2 aromatic rings. The SMILES string of the molecule is O=C(Cc1ccccc1)NC(=S)Nc1ccc(SC(F)F)cc1. The number of amides is 1. The fraction of sp³-hybridized carbons (Fsp3) is 0.125. The molecule has 0 saturated heterocycles. The third kappa shape index (κ3) is 6.33. The van der Waals surface area contributed by atoms with Gasteiger partial charge in [-0.2, -0.15) is 8.78 Å². The van der Waals surface area contributed by atoms with E-state index in [4.69, 9.17) is 12.2 Å². The molecule has 1 amide bonds. The molecular formula is C16H14F2N2OS2. The van der Waals surface area contributed by atoms with Crippen LogP contribution in [-0.4, -0.2) is 16.8 Å². The molecule has 0 atom stereocenters. The van der Waals surface area contributed by atoms with Crippen LogP contribution < -0.4 is 10.6 Å². The van der Waals surface area contributed by atoms with E-state index in [0.29, 0.717) is 22.3 Å². The number of thiocarbonyl (C=S) groups is 1. The Morgan fingerprint density at radius 3 is 2.35 bits per heavy atom. The zero-order valence-corrected chi connectivity index (χ0v) is 13.6. The standard InChI is InChI=1S/C16H14F2N2OS2/c17-15(18)23-13-8-6-12(7-9-13)19-16(22)20-14(21)10-11-4-2-1-3-5-11/h1-9,15H,10H2,(H2,19,20,21,22). The molecule has 0 radical (unpaired) electrons. The van der Waals surface area contributed by atoms with E-state index in [0.717, 1.165) is 5.56 Å². The fourth-order valence-electron chi connectivity index (χ4n) is 1.83. The average Bonchev–Trinajstić information content (AvgIpc) is 2.49. The van der Waals surface area contributed by atoms with Crippen molar-refractivity contribution in [3.05, 3.63) is 60.2 Å². The lowest BCUT2D eigenvalue weighted by molar-refractivity contribution is -0.119. The number of alkyl halides is 2. The largest absolute Gasteiger partial charge is 0.332 e. The lowest BCUT2D eigenvalue weighted by Gasteiger charge is -2.10. The monoisotopic (exact) mass is 352 g/mol. The number of anilines is 1. The van der Waals surface area contributed by atoms with Crippen molar-refractivity contribution in [3.63, 3.8) is 0 Å². The quantitative estimate of drug-likeness (QED) is 0.629. The predicted octanol–water partition coefficient (Wildman–Crippen LogP) is 4.06. The second kappa shape index (κ2) is 8.59. The molecule has 0 aromatic heterocycles. The summed E-state index contributed by atoms with van der Waals surface area (Å²) >= 11 is 5.54. The van der Waals surface area contributed by atoms with Gasteiger partial charge in [-0.3, -0.25) is 4.79 Å². The molecule has 0 fully saturated rings. The number of hydrogen-bond donors (Lipinski definition) is 2. The summed E-state index contributed by atoms with van der Waals surface area (Å²) in [6, 6.07) is 15.7. The summed E-state index contributed by atoms with van der Waals surface area (Å²) in [4.78, 5) is 12.3. The minimum Gasteiger partial charge on any atom is -0.332 e. The smallest absolute Gasteiger partial charge is 0.288 e. The van der Waals surface area contributed by atoms with Crippen molar-refractivity contribution in [2.45, 2.75) is 17.1 Å². The van der Waals surface area contributed by atoms with Crippen LogP contribution in [0.15, 0.2) is 59.5 Å². The molecule has 0 bridgehead atoms. The van der Waals surface area contributed by atoms with Crippen LogP contribution in [0.1, 0.15) is 5.56 Å². The van der Waals surface area contributed by atoms with Gasteiger partial charge in [-0.1, -0.05) is 42.1 Å². The highest BCUT2D eigenvalue weighted by Gasteiger charge is 2.07. The third-order valence-corrected chi connectivity index (χ3v) is 3.72. The van der Waals surface area contributed by atoms with Gasteiger partial charge in [-0.05, 0) is 42.0 Å². The Kier molecular flexibility index (Phi) is 6.49. The van der Waals surface area contributed by atoms with E-state index in [1.807, 2.05) is 30.3 Å². The number of rotatable bonds is 5. The second-order valence-corrected chi connectivity index (χ2v) is 6.04. The molecule has 0 saturated carbocycles. The lowest BCUT2D eigenvalue weighted by atomic mass is 10.1. The first-order chi connectivity index (χ1) is 11.0. The molecule has 120 valence electrons. The minimum absolute atomic E-state index is 0.167. The first kappa shape index (κ1) is 17.4. The third-order valence-electron chi connectivity index (χ3n) is 2.80. The van der Waals surface area contributed by atoms with Gasteiger partial charge in [-0.25, -0.2) is 0 Å². The Balaban J connectivity index is 1.83. The van der Waals surface area contributed by atoms with Crippen LogP contribution in [0.5, 0.6) is 0 Å². The van der Waals surface area contributed by atoms with Gasteiger partial charge in [0.1, 0.15) is 0 Å². The number of carbonyl (C=O) groups excluding carboxylic acids is 1. The fourth-order valence-corrected chi connectivity index (χ4v) is 2.56. The van der Waals surface area contributed by atoms with E-state index in [9.17, 15) is 13.6 Å². The maximum Gasteiger partial charge on any atom is 0.288 e. The summed E-state index contributed by atoms with van der Waals surface area (Å²) in [5, 5.41) is 5.59.